The van der Waals surface area contributed by atoms with Gasteiger partial charge in [0.1, 0.15) is 5.82 Å². The van der Waals surface area contributed by atoms with Crippen LogP contribution < -0.4 is 16.2 Å². The molecular weight excluding hydrogens is 326 g/mol. The summed E-state index contributed by atoms with van der Waals surface area (Å²) in [5.74, 6) is 0.772. The summed E-state index contributed by atoms with van der Waals surface area (Å²) in [4.78, 5) is 26.2. The van der Waals surface area contributed by atoms with E-state index < -0.39 is 0 Å². The molecule has 2 aromatic heterocycles. The largest absolute Gasteiger partial charge is 0.383 e. The number of benzene rings is 1. The molecule has 1 saturated heterocycles. The van der Waals surface area contributed by atoms with Crippen molar-refractivity contribution >= 4 is 33.3 Å². The summed E-state index contributed by atoms with van der Waals surface area (Å²) in [6.07, 6.45) is 0.386. The van der Waals surface area contributed by atoms with Gasteiger partial charge in [0, 0.05) is 19.5 Å². The van der Waals surface area contributed by atoms with Crippen molar-refractivity contribution in [1.29, 1.82) is 0 Å². The molecule has 3 heterocycles. The Morgan fingerprint density at radius 2 is 2.04 bits per heavy atom. The van der Waals surface area contributed by atoms with E-state index in [0.717, 1.165) is 15.2 Å². The Morgan fingerprint density at radius 1 is 1.25 bits per heavy atom. The maximum absolute atomic E-state index is 12.5. The normalized spacial score (nSPS) is 15.1. The van der Waals surface area contributed by atoms with Crippen molar-refractivity contribution in [3.8, 4) is 0 Å². The summed E-state index contributed by atoms with van der Waals surface area (Å²) in [5.41, 5.74) is 7.25. The molecule has 24 heavy (non-hydrogen) atoms. The van der Waals surface area contributed by atoms with E-state index in [0.29, 0.717) is 44.2 Å². The number of morpholine rings is 1. The van der Waals surface area contributed by atoms with Gasteiger partial charge in [0.05, 0.1) is 34.0 Å². The van der Waals surface area contributed by atoms with Crippen molar-refractivity contribution in [3.63, 3.8) is 0 Å². The number of thiazole rings is 1. The Bertz CT molecular complexity index is 897. The van der Waals surface area contributed by atoms with Crippen LogP contribution in [0.5, 0.6) is 0 Å². The standard InChI is InChI=1S/C16H17N5O2S/c17-14-10(9-13-18-11-3-1-2-4-12(11)24-13)15(22)20-16(19-14)21-5-7-23-8-6-21/h1-4H,5-9H2,(H3,17,19,20,22). The van der Waals surface area contributed by atoms with Gasteiger partial charge >= 0.3 is 0 Å². The Hall–Kier alpha value is -2.45. The highest BCUT2D eigenvalue weighted by molar-refractivity contribution is 7.18. The fraction of sp³-hybridized carbons (Fsp3) is 0.312. The summed E-state index contributed by atoms with van der Waals surface area (Å²) in [5, 5.41) is 0.856. The Kier molecular flexibility index (Phi) is 3.91. The SMILES string of the molecule is Nc1nc(N2CCOCC2)[nH]c(=O)c1Cc1nc2ccccc2s1. The van der Waals surface area contributed by atoms with Crippen LogP contribution in [0.25, 0.3) is 10.2 Å². The number of hydrogen-bond acceptors (Lipinski definition) is 7. The first kappa shape index (κ1) is 15.1. The fourth-order valence-electron chi connectivity index (χ4n) is 2.75. The number of anilines is 2. The van der Waals surface area contributed by atoms with Gasteiger partial charge in [-0.25, -0.2) is 4.98 Å². The lowest BCUT2D eigenvalue weighted by molar-refractivity contribution is 0.122. The number of para-hydroxylation sites is 1. The van der Waals surface area contributed by atoms with Crippen molar-refractivity contribution in [2.45, 2.75) is 6.42 Å². The molecular formula is C16H17N5O2S. The second kappa shape index (κ2) is 6.21. The molecule has 3 aromatic rings. The molecule has 4 rings (SSSR count). The molecule has 1 aromatic carbocycles. The zero-order chi connectivity index (χ0) is 16.5. The minimum absolute atomic E-state index is 0.205. The zero-order valence-corrected chi connectivity index (χ0v) is 13.8. The van der Waals surface area contributed by atoms with Gasteiger partial charge in [0.25, 0.3) is 5.56 Å². The van der Waals surface area contributed by atoms with Gasteiger partial charge in [-0.2, -0.15) is 4.98 Å². The van der Waals surface area contributed by atoms with Gasteiger partial charge in [-0.1, -0.05) is 12.1 Å². The number of hydrogen-bond donors (Lipinski definition) is 2. The van der Waals surface area contributed by atoms with Gasteiger partial charge in [-0.15, -0.1) is 11.3 Å². The van der Waals surface area contributed by atoms with E-state index in [2.05, 4.69) is 15.0 Å². The molecule has 3 N–H and O–H groups in total. The van der Waals surface area contributed by atoms with Crippen molar-refractivity contribution < 1.29 is 4.74 Å². The minimum atomic E-state index is -0.205. The molecule has 0 saturated carbocycles. The molecule has 8 heteroatoms. The molecule has 0 atom stereocenters. The van der Waals surface area contributed by atoms with Gasteiger partial charge in [0.2, 0.25) is 5.95 Å². The monoisotopic (exact) mass is 343 g/mol. The molecule has 1 aliphatic heterocycles. The number of nitrogens with one attached hydrogen (secondary N) is 1. The van der Waals surface area contributed by atoms with E-state index in [1.807, 2.05) is 29.2 Å². The average molecular weight is 343 g/mol. The van der Waals surface area contributed by atoms with Crippen LogP contribution >= 0.6 is 11.3 Å². The number of nitrogens with two attached hydrogens (primary N) is 1. The average Bonchev–Trinajstić information content (AvgIpc) is 3.01. The highest BCUT2D eigenvalue weighted by Crippen LogP contribution is 2.24. The van der Waals surface area contributed by atoms with Crippen molar-refractivity contribution in [2.75, 3.05) is 36.9 Å². The van der Waals surface area contributed by atoms with Crippen LogP contribution in [-0.4, -0.2) is 41.3 Å². The molecule has 0 spiro atoms. The molecule has 1 aliphatic rings. The molecule has 124 valence electrons. The summed E-state index contributed by atoms with van der Waals surface area (Å²) in [6, 6.07) is 7.91. The number of nitrogen functional groups attached to an aromatic ring is 1. The zero-order valence-electron chi connectivity index (χ0n) is 13.0. The first-order valence-corrected chi connectivity index (χ1v) is 8.58. The number of aromatic nitrogens is 3. The highest BCUT2D eigenvalue weighted by atomic mass is 32.1. The molecule has 0 bridgehead atoms. The fourth-order valence-corrected chi connectivity index (χ4v) is 3.72. The Labute approximate surface area is 142 Å². The third-order valence-corrected chi connectivity index (χ3v) is 5.05. The smallest absolute Gasteiger partial charge is 0.258 e. The van der Waals surface area contributed by atoms with E-state index >= 15 is 0 Å². The van der Waals surface area contributed by atoms with Gasteiger partial charge < -0.3 is 15.4 Å². The first-order chi connectivity index (χ1) is 11.7. The minimum Gasteiger partial charge on any atom is -0.383 e. The highest BCUT2D eigenvalue weighted by Gasteiger charge is 2.17. The van der Waals surface area contributed by atoms with Crippen LogP contribution in [0.4, 0.5) is 11.8 Å². The molecule has 0 radical (unpaired) electrons. The number of ether oxygens (including phenoxy) is 1. The second-order valence-electron chi connectivity index (χ2n) is 5.60. The summed E-state index contributed by atoms with van der Waals surface area (Å²) in [7, 11) is 0. The van der Waals surface area contributed by atoms with Crippen LogP contribution in [0.1, 0.15) is 10.6 Å². The van der Waals surface area contributed by atoms with Gasteiger partial charge in [-0.05, 0) is 12.1 Å². The summed E-state index contributed by atoms with van der Waals surface area (Å²) in [6.45, 7) is 2.63. The number of fused-ring (bicyclic) bond motifs is 1. The predicted molar refractivity (Wildman–Crippen MR) is 94.7 cm³/mol. The van der Waals surface area contributed by atoms with Crippen LogP contribution in [0.2, 0.25) is 0 Å². The van der Waals surface area contributed by atoms with Crippen molar-refractivity contribution in [1.82, 2.24) is 15.0 Å². The Morgan fingerprint density at radius 3 is 2.79 bits per heavy atom. The van der Waals surface area contributed by atoms with Crippen LogP contribution in [0.15, 0.2) is 29.1 Å². The lowest BCUT2D eigenvalue weighted by Gasteiger charge is -2.27. The van der Waals surface area contributed by atoms with Gasteiger partial charge in [0.15, 0.2) is 0 Å². The number of H-pyrrole nitrogens is 1. The Balaban J connectivity index is 1.64. The molecule has 7 nitrogen and oxygen atoms in total. The lowest BCUT2D eigenvalue weighted by atomic mass is 10.2. The number of nitrogens with zero attached hydrogens (tertiary/aromatic N) is 3. The topological polar surface area (TPSA) is 97.1 Å². The molecule has 0 amide bonds. The lowest BCUT2D eigenvalue weighted by Crippen LogP contribution is -2.38. The maximum atomic E-state index is 12.5. The predicted octanol–water partition coefficient (Wildman–Crippen LogP) is 1.39. The quantitative estimate of drug-likeness (QED) is 0.746. The van der Waals surface area contributed by atoms with Crippen LogP contribution in [0.3, 0.4) is 0 Å². The van der Waals surface area contributed by atoms with E-state index in [-0.39, 0.29) is 11.4 Å². The molecule has 1 fully saturated rings. The third-order valence-electron chi connectivity index (χ3n) is 4.01. The van der Waals surface area contributed by atoms with Crippen molar-refractivity contribution in [3.05, 3.63) is 45.2 Å². The van der Waals surface area contributed by atoms with Crippen LogP contribution in [0, 0.1) is 0 Å². The summed E-state index contributed by atoms with van der Waals surface area (Å²) < 4.78 is 6.41. The third kappa shape index (κ3) is 2.85. The molecule has 0 aliphatic carbocycles. The summed E-state index contributed by atoms with van der Waals surface area (Å²) >= 11 is 1.57. The van der Waals surface area contributed by atoms with E-state index in [4.69, 9.17) is 10.5 Å². The van der Waals surface area contributed by atoms with Crippen LogP contribution in [-0.2, 0) is 11.2 Å². The second-order valence-corrected chi connectivity index (χ2v) is 6.72. The maximum Gasteiger partial charge on any atom is 0.258 e. The molecule has 0 unspecified atom stereocenters. The van der Waals surface area contributed by atoms with Gasteiger partial charge in [-0.3, -0.25) is 9.78 Å². The van der Waals surface area contributed by atoms with E-state index in [1.54, 1.807) is 11.3 Å². The van der Waals surface area contributed by atoms with Crippen molar-refractivity contribution in [2.24, 2.45) is 0 Å². The van der Waals surface area contributed by atoms with E-state index in [9.17, 15) is 4.79 Å². The number of aromatic amines is 1. The first-order valence-electron chi connectivity index (χ1n) is 7.76. The number of rotatable bonds is 3. The van der Waals surface area contributed by atoms with E-state index in [1.165, 1.54) is 0 Å².